The van der Waals surface area contributed by atoms with Gasteiger partial charge in [-0.25, -0.2) is 0 Å². The first-order valence-electron chi connectivity index (χ1n) is 7.62. The van der Waals surface area contributed by atoms with Crippen molar-refractivity contribution in [2.45, 2.75) is 58.0 Å². The predicted octanol–water partition coefficient (Wildman–Crippen LogP) is 4.35. The van der Waals surface area contributed by atoms with Crippen LogP contribution in [0.1, 0.15) is 57.6 Å². The van der Waals surface area contributed by atoms with Crippen molar-refractivity contribution in [2.75, 3.05) is 7.05 Å². The molecule has 1 aromatic carbocycles. The van der Waals surface area contributed by atoms with Crippen molar-refractivity contribution in [3.63, 3.8) is 0 Å². The lowest BCUT2D eigenvalue weighted by atomic mass is 9.85. The number of hydrogen-bond donors (Lipinski definition) is 1. The number of phenols is 1. The monoisotopic (exact) mass is 261 g/mol. The maximum atomic E-state index is 9.41. The first kappa shape index (κ1) is 14.4. The smallest absolute Gasteiger partial charge is 0.115 e. The van der Waals surface area contributed by atoms with Gasteiger partial charge in [-0.2, -0.15) is 0 Å². The maximum absolute atomic E-state index is 9.41. The van der Waals surface area contributed by atoms with E-state index in [4.69, 9.17) is 0 Å². The SMILES string of the molecule is CCC(c1ccc(O)cc1)N(C)C1CCC(C)CC1. The van der Waals surface area contributed by atoms with Gasteiger partial charge >= 0.3 is 0 Å². The number of nitrogens with zero attached hydrogens (tertiary/aromatic N) is 1. The zero-order valence-electron chi connectivity index (χ0n) is 12.5. The summed E-state index contributed by atoms with van der Waals surface area (Å²) in [6.45, 7) is 4.62. The highest BCUT2D eigenvalue weighted by molar-refractivity contribution is 5.28. The van der Waals surface area contributed by atoms with Gasteiger partial charge in [0, 0.05) is 12.1 Å². The Balaban J connectivity index is 2.06. The first-order valence-corrected chi connectivity index (χ1v) is 7.62. The molecule has 0 radical (unpaired) electrons. The van der Waals surface area contributed by atoms with E-state index in [0.717, 1.165) is 18.4 Å². The van der Waals surface area contributed by atoms with E-state index in [9.17, 15) is 5.11 Å². The number of rotatable bonds is 4. The van der Waals surface area contributed by atoms with E-state index in [-0.39, 0.29) is 0 Å². The van der Waals surface area contributed by atoms with Crippen molar-refractivity contribution in [3.8, 4) is 5.75 Å². The highest BCUT2D eigenvalue weighted by Gasteiger charge is 2.26. The summed E-state index contributed by atoms with van der Waals surface area (Å²) < 4.78 is 0. The largest absolute Gasteiger partial charge is 0.508 e. The minimum atomic E-state index is 0.354. The van der Waals surface area contributed by atoms with Gasteiger partial charge in [-0.3, -0.25) is 4.90 Å². The average molecular weight is 261 g/mol. The van der Waals surface area contributed by atoms with E-state index in [1.165, 1.54) is 31.2 Å². The summed E-state index contributed by atoms with van der Waals surface area (Å²) in [6, 6.07) is 8.91. The quantitative estimate of drug-likeness (QED) is 0.870. The zero-order valence-corrected chi connectivity index (χ0v) is 12.5. The Labute approximate surface area is 117 Å². The molecule has 0 spiro atoms. The van der Waals surface area contributed by atoms with Crippen LogP contribution >= 0.6 is 0 Å². The zero-order chi connectivity index (χ0) is 13.8. The second kappa shape index (κ2) is 6.42. The molecule has 2 heteroatoms. The van der Waals surface area contributed by atoms with Gasteiger partial charge in [-0.1, -0.05) is 26.0 Å². The summed E-state index contributed by atoms with van der Waals surface area (Å²) in [4.78, 5) is 2.55. The van der Waals surface area contributed by atoms with Gasteiger partial charge in [0.1, 0.15) is 5.75 Å². The third kappa shape index (κ3) is 3.50. The highest BCUT2D eigenvalue weighted by Crippen LogP contribution is 2.33. The molecule has 1 aliphatic carbocycles. The van der Waals surface area contributed by atoms with Crippen LogP contribution in [0.25, 0.3) is 0 Å². The molecule has 0 bridgehead atoms. The molecule has 1 aliphatic rings. The molecule has 1 atom stereocenters. The molecule has 1 fully saturated rings. The Morgan fingerprint density at radius 2 is 1.74 bits per heavy atom. The average Bonchev–Trinajstić information content (AvgIpc) is 2.42. The molecule has 1 saturated carbocycles. The number of benzene rings is 1. The van der Waals surface area contributed by atoms with E-state index < -0.39 is 0 Å². The Morgan fingerprint density at radius 1 is 1.16 bits per heavy atom. The van der Waals surface area contributed by atoms with Crippen LogP contribution in [-0.2, 0) is 0 Å². The molecule has 2 nitrogen and oxygen atoms in total. The van der Waals surface area contributed by atoms with E-state index >= 15 is 0 Å². The predicted molar refractivity (Wildman–Crippen MR) is 80.3 cm³/mol. The standard InChI is InChI=1S/C17H27NO/c1-4-17(14-7-11-16(19)12-8-14)18(3)15-9-5-13(2)6-10-15/h7-8,11-13,15,17,19H,4-6,9-10H2,1-3H3. The van der Waals surface area contributed by atoms with Crippen LogP contribution in [0.2, 0.25) is 0 Å². The van der Waals surface area contributed by atoms with Crippen LogP contribution in [-0.4, -0.2) is 23.1 Å². The summed E-state index contributed by atoms with van der Waals surface area (Å²) in [5.74, 6) is 1.26. The van der Waals surface area contributed by atoms with Crippen molar-refractivity contribution in [2.24, 2.45) is 5.92 Å². The minimum Gasteiger partial charge on any atom is -0.508 e. The second-order valence-corrected chi connectivity index (χ2v) is 6.09. The van der Waals surface area contributed by atoms with E-state index in [1.54, 1.807) is 12.1 Å². The fraction of sp³-hybridized carbons (Fsp3) is 0.647. The van der Waals surface area contributed by atoms with Gasteiger partial charge in [0.15, 0.2) is 0 Å². The molecule has 2 rings (SSSR count). The second-order valence-electron chi connectivity index (χ2n) is 6.09. The summed E-state index contributed by atoms with van der Waals surface area (Å²) in [7, 11) is 2.27. The maximum Gasteiger partial charge on any atom is 0.115 e. The topological polar surface area (TPSA) is 23.5 Å². The molecular formula is C17H27NO. The Kier molecular flexibility index (Phi) is 4.87. The molecule has 0 heterocycles. The summed E-state index contributed by atoms with van der Waals surface area (Å²) >= 11 is 0. The molecular weight excluding hydrogens is 234 g/mol. The summed E-state index contributed by atoms with van der Waals surface area (Å²) in [6.07, 6.45) is 6.49. The van der Waals surface area contributed by atoms with Gasteiger partial charge in [0.25, 0.3) is 0 Å². The number of hydrogen-bond acceptors (Lipinski definition) is 2. The van der Waals surface area contributed by atoms with Crippen molar-refractivity contribution in [1.29, 1.82) is 0 Å². The van der Waals surface area contributed by atoms with Gasteiger partial charge in [-0.15, -0.1) is 0 Å². The number of phenolic OH excluding ortho intramolecular Hbond substituents is 1. The summed E-state index contributed by atoms with van der Waals surface area (Å²) in [5, 5.41) is 9.41. The molecule has 0 saturated heterocycles. The number of aromatic hydroxyl groups is 1. The van der Waals surface area contributed by atoms with Crippen LogP contribution in [0.4, 0.5) is 0 Å². The third-order valence-electron chi connectivity index (χ3n) is 4.72. The van der Waals surface area contributed by atoms with Crippen molar-refractivity contribution >= 4 is 0 Å². The van der Waals surface area contributed by atoms with Crippen molar-refractivity contribution < 1.29 is 5.11 Å². The first-order chi connectivity index (χ1) is 9.11. The fourth-order valence-corrected chi connectivity index (χ4v) is 3.36. The van der Waals surface area contributed by atoms with Crippen molar-refractivity contribution in [3.05, 3.63) is 29.8 Å². The molecule has 0 amide bonds. The fourth-order valence-electron chi connectivity index (χ4n) is 3.36. The van der Waals surface area contributed by atoms with Crippen LogP contribution in [0.3, 0.4) is 0 Å². The van der Waals surface area contributed by atoms with Gasteiger partial charge in [-0.05, 0) is 62.8 Å². The van der Waals surface area contributed by atoms with E-state index in [1.807, 2.05) is 0 Å². The van der Waals surface area contributed by atoms with Crippen LogP contribution in [0, 0.1) is 5.92 Å². The molecule has 19 heavy (non-hydrogen) atoms. The van der Waals surface area contributed by atoms with Gasteiger partial charge in [0.05, 0.1) is 0 Å². The lowest BCUT2D eigenvalue weighted by Gasteiger charge is -2.38. The molecule has 1 aromatic rings. The van der Waals surface area contributed by atoms with Crippen molar-refractivity contribution in [1.82, 2.24) is 4.90 Å². The summed E-state index contributed by atoms with van der Waals surface area (Å²) in [5.41, 5.74) is 1.32. The van der Waals surface area contributed by atoms with Crippen LogP contribution < -0.4 is 0 Å². The normalized spacial score (nSPS) is 25.5. The van der Waals surface area contributed by atoms with E-state index in [2.05, 4.69) is 37.9 Å². The Bertz CT molecular complexity index is 379. The lowest BCUT2D eigenvalue weighted by Crippen LogP contribution is -2.37. The van der Waals surface area contributed by atoms with Crippen LogP contribution in [0.15, 0.2) is 24.3 Å². The Hall–Kier alpha value is -1.02. The molecule has 0 aliphatic heterocycles. The van der Waals surface area contributed by atoms with E-state index in [0.29, 0.717) is 11.8 Å². The molecule has 1 N–H and O–H groups in total. The Morgan fingerprint density at radius 3 is 2.26 bits per heavy atom. The highest BCUT2D eigenvalue weighted by atomic mass is 16.3. The van der Waals surface area contributed by atoms with Gasteiger partial charge < -0.3 is 5.11 Å². The minimum absolute atomic E-state index is 0.354. The van der Waals surface area contributed by atoms with Gasteiger partial charge in [0.2, 0.25) is 0 Å². The molecule has 106 valence electrons. The molecule has 1 unspecified atom stereocenters. The lowest BCUT2D eigenvalue weighted by molar-refractivity contribution is 0.120. The van der Waals surface area contributed by atoms with Crippen LogP contribution in [0.5, 0.6) is 5.75 Å². The third-order valence-corrected chi connectivity index (χ3v) is 4.72. The molecule has 0 aromatic heterocycles.